The minimum atomic E-state index is -1.01. The van der Waals surface area contributed by atoms with Crippen molar-refractivity contribution in [2.75, 3.05) is 255 Å². The van der Waals surface area contributed by atoms with Crippen LogP contribution in [0.1, 0.15) is 0 Å². The van der Waals surface area contributed by atoms with E-state index in [1.54, 1.807) is 44.1 Å². The maximum Gasteiger partial charge on any atom is 0.317 e. The van der Waals surface area contributed by atoms with Crippen molar-refractivity contribution in [2.45, 2.75) is 0 Å². The van der Waals surface area contributed by atoms with Crippen LogP contribution in [0.4, 0.5) is 0 Å². The van der Waals surface area contributed by atoms with E-state index in [1.165, 1.54) is 0 Å². The van der Waals surface area contributed by atoms with Crippen molar-refractivity contribution in [1.82, 2.24) is 74.7 Å². The summed E-state index contributed by atoms with van der Waals surface area (Å²) in [7, 11) is 0. The molecule has 12 N–H and O–H groups in total. The smallest absolute Gasteiger partial charge is 0.317 e. The van der Waals surface area contributed by atoms with Gasteiger partial charge >= 0.3 is 53.7 Å². The summed E-state index contributed by atoms with van der Waals surface area (Å²) < 4.78 is 0. The number of aliphatic carboxylic acids is 9. The van der Waals surface area contributed by atoms with Gasteiger partial charge in [-0.05, 0) is 0 Å². The number of nitrogens with zero attached hydrogens (tertiary/aromatic N) is 12. The van der Waals surface area contributed by atoms with Gasteiger partial charge in [0, 0.05) is 197 Å². The second-order valence-electron chi connectivity index (χ2n) is 21.8. The van der Waals surface area contributed by atoms with Crippen LogP contribution in [0.3, 0.4) is 0 Å². The number of hydrogen-bond donors (Lipinski definition) is 12. The van der Waals surface area contributed by atoms with Crippen LogP contribution in [-0.4, -0.2) is 431 Å². The Kier molecular flexibility index (Phi) is 47.8. The molecule has 0 aliphatic carbocycles. The molecule has 0 aromatic heterocycles. The third kappa shape index (κ3) is 47.1. The fourth-order valence-corrected chi connectivity index (χ4v) is 9.58. The van der Waals surface area contributed by atoms with E-state index >= 15 is 0 Å². The molecule has 3 heterocycles. The van der Waals surface area contributed by atoms with E-state index in [1.807, 2.05) is 14.7 Å². The average Bonchev–Trinajstić information content (AvgIpc) is 1.06. The van der Waals surface area contributed by atoms with Gasteiger partial charge in [-0.25, -0.2) is 0 Å². The molecule has 0 spiro atoms. The molecule has 3 amide bonds. The van der Waals surface area contributed by atoms with Crippen molar-refractivity contribution in [3.8, 4) is 37.0 Å². The number of hydrogen-bond acceptors (Lipinski definition) is 24. The Labute approximate surface area is 578 Å². The first-order valence-corrected chi connectivity index (χ1v) is 29.8. The van der Waals surface area contributed by atoms with Gasteiger partial charge in [0.15, 0.2) is 0 Å². The van der Waals surface area contributed by atoms with Crippen LogP contribution in [0.15, 0.2) is 0 Å². The number of amides is 3. The van der Waals surface area contributed by atoms with Gasteiger partial charge in [0.05, 0.1) is 98.2 Å². The molecule has 3 aliphatic rings. The summed E-state index contributed by atoms with van der Waals surface area (Å²) in [6.07, 6.45) is 15.5. The normalized spacial score (nSPS) is 18.1. The number of carbonyl (C=O) groups excluding carboxylic acids is 3. The van der Waals surface area contributed by atoms with Gasteiger partial charge in [-0.3, -0.25) is 116 Å². The van der Waals surface area contributed by atoms with Crippen LogP contribution in [0.5, 0.6) is 0 Å². The first kappa shape index (κ1) is 87.2. The summed E-state index contributed by atoms with van der Waals surface area (Å²) in [5.41, 5.74) is 0. The Morgan fingerprint density at radius 2 is 0.319 bits per heavy atom. The van der Waals surface area contributed by atoms with E-state index in [2.05, 4.69) is 33.7 Å². The predicted molar refractivity (Wildman–Crippen MR) is 332 cm³/mol. The Morgan fingerprint density at radius 1 is 0.223 bits per heavy atom. The van der Waals surface area contributed by atoms with Gasteiger partial charge in [-0.2, -0.15) is 0 Å². The van der Waals surface area contributed by atoms with Crippen LogP contribution in [0, 0.1) is 77.0 Å². The van der Waals surface area contributed by atoms with Crippen LogP contribution in [-0.2, 0) is 57.5 Å². The molecular weight excluding hydrogens is 1390 g/mol. The monoisotopic (exact) mass is 1480 g/mol. The number of carboxylic acids is 9. The Balaban J connectivity index is 0.00000137. The minimum absolute atomic E-state index is 0. The van der Waals surface area contributed by atoms with Crippen molar-refractivity contribution >= 4 is 71.4 Å². The molecule has 36 nitrogen and oxygen atoms in total. The van der Waals surface area contributed by atoms with Crippen molar-refractivity contribution in [3.63, 3.8) is 0 Å². The van der Waals surface area contributed by atoms with Crippen molar-refractivity contribution in [2.24, 2.45) is 0 Å². The molecule has 37 heteroatoms. The topological polar surface area (TPSA) is 462 Å². The summed E-state index contributed by atoms with van der Waals surface area (Å²) in [4.78, 5) is 158. The minimum Gasteiger partial charge on any atom is -0.480 e. The van der Waals surface area contributed by atoms with Crippen molar-refractivity contribution in [3.05, 3.63) is 0 Å². The molecule has 0 radical (unpaired) electrons. The molecule has 0 unspecified atom stereocenters. The quantitative estimate of drug-likeness (QED) is 0.0340. The number of terminal acetylenes is 3. The van der Waals surface area contributed by atoms with E-state index < -0.39 is 53.7 Å². The summed E-state index contributed by atoms with van der Waals surface area (Å²) in [5, 5.41) is 90.3. The maximum absolute atomic E-state index is 12.1. The van der Waals surface area contributed by atoms with Gasteiger partial charge in [0.1, 0.15) is 0 Å². The second-order valence-corrected chi connectivity index (χ2v) is 21.8. The molecule has 3 aliphatic heterocycles. The Bertz CT molecular complexity index is 2180. The number of nitrogens with one attached hydrogen (secondary N) is 3. The summed E-state index contributed by atoms with van der Waals surface area (Å²) >= 11 is 0. The van der Waals surface area contributed by atoms with Crippen molar-refractivity contribution in [1.29, 1.82) is 0 Å². The number of carbonyl (C=O) groups is 12. The fourth-order valence-electron chi connectivity index (χ4n) is 9.58. The Hall–Kier alpha value is -6.84. The first-order valence-electron chi connectivity index (χ1n) is 29.8. The standard InChI is InChI=1S/3C19H31N5O7.Gd/c3*1-2-3-20-16(25)12-21-4-6-22(13-17(26)27)8-10-24(15-19(30)31)11-9-23(7-5-21)14-18(28)29;/h3*1H,3-15H2,(H,20,25)(H,26,27)(H,28,29)(H,30,31);. The molecule has 3 rings (SSSR count). The van der Waals surface area contributed by atoms with Gasteiger partial charge in [-0.1, -0.05) is 17.8 Å². The predicted octanol–water partition coefficient (Wildman–Crippen LogP) is -8.37. The largest absolute Gasteiger partial charge is 0.480 e. The molecule has 0 aromatic carbocycles. The molecule has 3 fully saturated rings. The van der Waals surface area contributed by atoms with Gasteiger partial charge < -0.3 is 61.9 Å². The number of carboxylic acid groups (broad SMARTS) is 9. The van der Waals surface area contributed by atoms with Crippen LogP contribution in [0.2, 0.25) is 0 Å². The van der Waals surface area contributed by atoms with Crippen molar-refractivity contribution < 1.29 is 143 Å². The molecule has 0 atom stereocenters. The third-order valence-electron chi connectivity index (χ3n) is 14.3. The summed E-state index contributed by atoms with van der Waals surface area (Å²) in [6, 6.07) is 0. The first-order chi connectivity index (χ1) is 44.1. The van der Waals surface area contributed by atoms with Crippen LogP contribution in [0.25, 0.3) is 0 Å². The maximum atomic E-state index is 12.1. The molecule has 0 saturated carbocycles. The van der Waals surface area contributed by atoms with E-state index in [9.17, 15) is 88.2 Å². The molecule has 0 aromatic rings. The van der Waals surface area contributed by atoms with Crippen LogP contribution < -0.4 is 16.0 Å². The molecule has 3 saturated heterocycles. The molecular formula is C57H93GdN15O21. The zero-order valence-electron chi connectivity index (χ0n) is 53.0. The van der Waals surface area contributed by atoms with E-state index in [-0.39, 0.29) is 156 Å². The molecule has 530 valence electrons. The summed E-state index contributed by atoms with van der Waals surface area (Å²) in [6.45, 7) is 6.92. The summed E-state index contributed by atoms with van der Waals surface area (Å²) in [5.74, 6) is -2.86. The van der Waals surface area contributed by atoms with E-state index in [0.29, 0.717) is 157 Å². The van der Waals surface area contributed by atoms with Gasteiger partial charge in [0.2, 0.25) is 17.7 Å². The zero-order valence-corrected chi connectivity index (χ0v) is 55.2. The fraction of sp³-hybridized carbons (Fsp3) is 0.684. The average molecular weight is 1480 g/mol. The van der Waals surface area contributed by atoms with Gasteiger partial charge in [0.25, 0.3) is 0 Å². The zero-order chi connectivity index (χ0) is 69.7. The SMILES string of the molecule is C#CCNC(=O)CN1CCN(CC(=O)O)CCN(CC(=O)O)CCN(CC(=O)O)CC1.C#CCNC(=O)CN1CCN(CC(=O)O)CCN(CC(=O)O)CCN(CC(=O)O)CC1.C#CCNC(=O)CN1CCN(CC(=O)O)CCN(CC(=O)O)CCN(CC(=O)O)CC1.[Gd]. The van der Waals surface area contributed by atoms with E-state index in [0.717, 1.165) is 0 Å². The Morgan fingerprint density at radius 3 is 0.404 bits per heavy atom. The van der Waals surface area contributed by atoms with E-state index in [4.69, 9.17) is 34.6 Å². The van der Waals surface area contributed by atoms with Gasteiger partial charge in [-0.15, -0.1) is 19.3 Å². The number of rotatable bonds is 27. The third-order valence-corrected chi connectivity index (χ3v) is 14.3. The second kappa shape index (κ2) is 51.5. The van der Waals surface area contributed by atoms with Crippen LogP contribution >= 0.6 is 0 Å². The molecule has 94 heavy (non-hydrogen) atoms. The molecule has 0 bridgehead atoms.